The number of carbonyl (C=O) groups excluding carboxylic acids is 1. The van der Waals surface area contributed by atoms with Gasteiger partial charge in [0, 0.05) is 24.2 Å². The Kier molecular flexibility index (Phi) is 3.67. The predicted molar refractivity (Wildman–Crippen MR) is 38.3 cm³/mol. The quantitative estimate of drug-likeness (QED) is 0.614. The van der Waals surface area contributed by atoms with Crippen LogP contribution in [0.2, 0.25) is 0 Å². The van der Waals surface area contributed by atoms with E-state index in [-0.39, 0.29) is 18.1 Å². The van der Waals surface area contributed by atoms with E-state index in [1.54, 1.807) is 0 Å². The molecule has 0 rings (SSSR count). The standard InChI is InChI=1S/C4H8ClNO3S/c1-6-4(7)2-3-10(5,8)9/h2-3H2,1H3,(H,6,7). The summed E-state index contributed by atoms with van der Waals surface area (Å²) in [5.74, 6) is -0.641. The summed E-state index contributed by atoms with van der Waals surface area (Å²) in [5.41, 5.74) is 0. The molecule has 0 aliphatic carbocycles. The van der Waals surface area contributed by atoms with Gasteiger partial charge in [-0.3, -0.25) is 4.79 Å². The molecule has 60 valence electrons. The number of nitrogens with one attached hydrogen (secondary N) is 1. The maximum Gasteiger partial charge on any atom is 0.233 e. The van der Waals surface area contributed by atoms with Gasteiger partial charge in [0.2, 0.25) is 15.0 Å². The second-order valence-corrected chi connectivity index (χ2v) is 4.56. The van der Waals surface area contributed by atoms with Gasteiger partial charge in [0.1, 0.15) is 0 Å². The molecule has 0 fully saturated rings. The molecule has 6 heteroatoms. The molecule has 0 saturated carbocycles. The first-order chi connectivity index (χ1) is 4.45. The third kappa shape index (κ3) is 5.84. The summed E-state index contributed by atoms with van der Waals surface area (Å²) < 4.78 is 20.5. The Morgan fingerprint density at radius 2 is 2.10 bits per heavy atom. The summed E-state index contributed by atoms with van der Waals surface area (Å²) in [4.78, 5) is 10.4. The van der Waals surface area contributed by atoms with E-state index in [1.165, 1.54) is 7.05 Å². The van der Waals surface area contributed by atoms with E-state index in [2.05, 4.69) is 5.32 Å². The van der Waals surface area contributed by atoms with Gasteiger partial charge in [-0.25, -0.2) is 8.42 Å². The van der Waals surface area contributed by atoms with Crippen molar-refractivity contribution in [3.05, 3.63) is 0 Å². The van der Waals surface area contributed by atoms with Crippen molar-refractivity contribution in [2.75, 3.05) is 12.8 Å². The smallest absolute Gasteiger partial charge is 0.233 e. The highest BCUT2D eigenvalue weighted by atomic mass is 35.7. The van der Waals surface area contributed by atoms with E-state index in [4.69, 9.17) is 10.7 Å². The molecule has 10 heavy (non-hydrogen) atoms. The SMILES string of the molecule is CNC(=O)CCS(=O)(=O)Cl. The first kappa shape index (κ1) is 9.71. The van der Waals surface area contributed by atoms with Gasteiger partial charge in [-0.1, -0.05) is 0 Å². The summed E-state index contributed by atoms with van der Waals surface area (Å²) in [6, 6.07) is 0. The van der Waals surface area contributed by atoms with Crippen molar-refractivity contribution >= 4 is 25.6 Å². The van der Waals surface area contributed by atoms with Crippen LogP contribution in [0.3, 0.4) is 0 Å². The van der Waals surface area contributed by atoms with E-state index in [1.807, 2.05) is 0 Å². The molecule has 0 spiro atoms. The van der Waals surface area contributed by atoms with Crippen molar-refractivity contribution in [1.29, 1.82) is 0 Å². The van der Waals surface area contributed by atoms with E-state index in [9.17, 15) is 13.2 Å². The Balaban J connectivity index is 3.67. The molecule has 1 amide bonds. The maximum atomic E-state index is 10.4. The van der Waals surface area contributed by atoms with Crippen LogP contribution in [0.15, 0.2) is 0 Å². The topological polar surface area (TPSA) is 63.2 Å². The summed E-state index contributed by atoms with van der Waals surface area (Å²) in [5, 5.41) is 2.28. The fraction of sp³-hybridized carbons (Fsp3) is 0.750. The molecule has 0 aromatic heterocycles. The third-order valence-electron chi connectivity index (χ3n) is 0.852. The molecule has 4 nitrogen and oxygen atoms in total. The lowest BCUT2D eigenvalue weighted by atomic mass is 10.5. The molecule has 0 radical (unpaired) electrons. The van der Waals surface area contributed by atoms with Crippen LogP contribution in [-0.4, -0.2) is 27.1 Å². The summed E-state index contributed by atoms with van der Waals surface area (Å²) in [6.07, 6.45) is -0.0810. The lowest BCUT2D eigenvalue weighted by Gasteiger charge is -1.94. The van der Waals surface area contributed by atoms with E-state index in [0.29, 0.717) is 0 Å². The Bertz CT molecular complexity index is 211. The Labute approximate surface area is 64.0 Å². The highest BCUT2D eigenvalue weighted by molar-refractivity contribution is 8.13. The second-order valence-electron chi connectivity index (χ2n) is 1.67. The van der Waals surface area contributed by atoms with Crippen molar-refractivity contribution in [3.63, 3.8) is 0 Å². The zero-order chi connectivity index (χ0) is 8.20. The fourth-order valence-corrected chi connectivity index (χ4v) is 1.00. The maximum absolute atomic E-state index is 10.4. The Morgan fingerprint density at radius 1 is 1.60 bits per heavy atom. The molecule has 0 aromatic carbocycles. The van der Waals surface area contributed by atoms with E-state index < -0.39 is 9.05 Å². The van der Waals surface area contributed by atoms with Gasteiger partial charge in [-0.15, -0.1) is 0 Å². The molecule has 0 saturated heterocycles. The Hall–Kier alpha value is -0.290. The van der Waals surface area contributed by atoms with Gasteiger partial charge >= 0.3 is 0 Å². The highest BCUT2D eigenvalue weighted by Gasteiger charge is 2.07. The summed E-state index contributed by atoms with van der Waals surface area (Å²) in [6.45, 7) is 0. The zero-order valence-corrected chi connectivity index (χ0v) is 7.00. The van der Waals surface area contributed by atoms with Crippen LogP contribution in [0.4, 0.5) is 0 Å². The van der Waals surface area contributed by atoms with Crippen LogP contribution < -0.4 is 5.32 Å². The highest BCUT2D eigenvalue weighted by Crippen LogP contribution is 1.97. The number of hydrogen-bond acceptors (Lipinski definition) is 3. The van der Waals surface area contributed by atoms with Crippen molar-refractivity contribution in [3.8, 4) is 0 Å². The second kappa shape index (κ2) is 3.78. The monoisotopic (exact) mass is 185 g/mol. The van der Waals surface area contributed by atoms with Crippen LogP contribution in [0, 0.1) is 0 Å². The number of halogens is 1. The average molecular weight is 186 g/mol. The molecule has 0 atom stereocenters. The van der Waals surface area contributed by atoms with E-state index in [0.717, 1.165) is 0 Å². The molecule has 0 aliphatic heterocycles. The van der Waals surface area contributed by atoms with Crippen molar-refractivity contribution in [2.24, 2.45) is 0 Å². The lowest BCUT2D eigenvalue weighted by molar-refractivity contribution is -0.120. The van der Waals surface area contributed by atoms with Crippen LogP contribution >= 0.6 is 10.7 Å². The minimum absolute atomic E-state index is 0.0810. The molecule has 0 bridgehead atoms. The van der Waals surface area contributed by atoms with Gasteiger partial charge in [0.05, 0.1) is 5.75 Å². The fourth-order valence-electron chi connectivity index (χ4n) is 0.340. The molecule has 0 heterocycles. The normalized spacial score (nSPS) is 11.0. The first-order valence-corrected chi connectivity index (χ1v) is 5.06. The van der Waals surface area contributed by atoms with Crippen LogP contribution in [0.25, 0.3) is 0 Å². The third-order valence-corrected chi connectivity index (χ3v) is 2.01. The van der Waals surface area contributed by atoms with Crippen LogP contribution in [-0.2, 0) is 13.8 Å². The van der Waals surface area contributed by atoms with Gasteiger partial charge in [0.15, 0.2) is 0 Å². The van der Waals surface area contributed by atoms with E-state index >= 15 is 0 Å². The minimum Gasteiger partial charge on any atom is -0.359 e. The largest absolute Gasteiger partial charge is 0.359 e. The summed E-state index contributed by atoms with van der Waals surface area (Å²) in [7, 11) is 2.74. The summed E-state index contributed by atoms with van der Waals surface area (Å²) >= 11 is 0. The molecule has 0 aliphatic rings. The number of carbonyl (C=O) groups is 1. The average Bonchev–Trinajstić information content (AvgIpc) is 1.81. The molecule has 0 aromatic rings. The first-order valence-electron chi connectivity index (χ1n) is 2.58. The van der Waals surface area contributed by atoms with Crippen molar-refractivity contribution in [1.82, 2.24) is 5.32 Å². The Morgan fingerprint density at radius 3 is 2.40 bits per heavy atom. The van der Waals surface area contributed by atoms with Gasteiger partial charge in [0.25, 0.3) is 0 Å². The number of rotatable bonds is 3. The molecule has 1 N–H and O–H groups in total. The van der Waals surface area contributed by atoms with Crippen LogP contribution in [0.1, 0.15) is 6.42 Å². The van der Waals surface area contributed by atoms with Gasteiger partial charge in [-0.2, -0.15) is 0 Å². The van der Waals surface area contributed by atoms with Gasteiger partial charge in [-0.05, 0) is 0 Å². The van der Waals surface area contributed by atoms with Gasteiger partial charge < -0.3 is 5.32 Å². The number of amides is 1. The van der Waals surface area contributed by atoms with Crippen molar-refractivity contribution in [2.45, 2.75) is 6.42 Å². The lowest BCUT2D eigenvalue weighted by Crippen LogP contribution is -2.19. The molecule has 0 unspecified atom stereocenters. The van der Waals surface area contributed by atoms with Crippen LogP contribution in [0.5, 0.6) is 0 Å². The molecular weight excluding hydrogens is 178 g/mol. The van der Waals surface area contributed by atoms with Crippen molar-refractivity contribution < 1.29 is 13.2 Å². The predicted octanol–water partition coefficient (Wildman–Crippen LogP) is -0.309. The minimum atomic E-state index is -3.52. The zero-order valence-electron chi connectivity index (χ0n) is 5.43. The molecular formula is C4H8ClNO3S. The number of hydrogen-bond donors (Lipinski definition) is 1.